The fourth-order valence-corrected chi connectivity index (χ4v) is 4.38. The van der Waals surface area contributed by atoms with Crippen LogP contribution < -0.4 is 10.2 Å². The van der Waals surface area contributed by atoms with Gasteiger partial charge in [-0.25, -0.2) is 4.98 Å². The van der Waals surface area contributed by atoms with E-state index in [9.17, 15) is 9.59 Å². The molecule has 1 aromatic heterocycles. The molecule has 2 aromatic rings. The SMILES string of the molecule is Cc1csc(N2CCC(C(=O)N[C@@H](CC(=O)OC(C)C)c3ccccc3)CC2)n1. The molecule has 0 radical (unpaired) electrons. The number of ether oxygens (including phenoxy) is 1. The third-order valence-corrected chi connectivity index (χ3v) is 6.02. The van der Waals surface area contributed by atoms with E-state index < -0.39 is 0 Å². The lowest BCUT2D eigenvalue weighted by molar-refractivity contribution is -0.148. The summed E-state index contributed by atoms with van der Waals surface area (Å²) in [6.45, 7) is 7.28. The van der Waals surface area contributed by atoms with E-state index in [0.717, 1.165) is 42.3 Å². The van der Waals surface area contributed by atoms with Gasteiger partial charge in [0.15, 0.2) is 5.13 Å². The van der Waals surface area contributed by atoms with Crippen LogP contribution in [0, 0.1) is 12.8 Å². The van der Waals surface area contributed by atoms with E-state index in [1.807, 2.05) is 51.1 Å². The van der Waals surface area contributed by atoms with Crippen molar-refractivity contribution >= 4 is 28.3 Å². The molecular formula is C22H29N3O3S. The summed E-state index contributed by atoms with van der Waals surface area (Å²) in [5, 5.41) is 6.17. The van der Waals surface area contributed by atoms with Crippen molar-refractivity contribution in [3.8, 4) is 0 Å². The molecule has 29 heavy (non-hydrogen) atoms. The molecule has 0 bridgehead atoms. The maximum atomic E-state index is 12.9. The summed E-state index contributed by atoms with van der Waals surface area (Å²) in [5.41, 5.74) is 1.95. The molecule has 1 atom stereocenters. The van der Waals surface area contributed by atoms with Crippen molar-refractivity contribution in [2.75, 3.05) is 18.0 Å². The molecule has 156 valence electrons. The van der Waals surface area contributed by atoms with Gasteiger partial charge < -0.3 is 15.0 Å². The molecule has 7 heteroatoms. The first-order valence-electron chi connectivity index (χ1n) is 10.1. The Hall–Kier alpha value is -2.41. The van der Waals surface area contributed by atoms with Crippen molar-refractivity contribution < 1.29 is 14.3 Å². The molecular weight excluding hydrogens is 386 g/mol. The number of aryl methyl sites for hydroxylation is 1. The molecule has 0 spiro atoms. The molecule has 1 aromatic carbocycles. The van der Waals surface area contributed by atoms with Crippen LogP contribution in [0.2, 0.25) is 0 Å². The summed E-state index contributed by atoms with van der Waals surface area (Å²) in [6.07, 6.45) is 1.52. The van der Waals surface area contributed by atoms with E-state index in [2.05, 4.69) is 20.6 Å². The number of nitrogens with zero attached hydrogens (tertiary/aromatic N) is 2. The molecule has 3 rings (SSSR count). The van der Waals surface area contributed by atoms with Gasteiger partial charge >= 0.3 is 5.97 Å². The highest BCUT2D eigenvalue weighted by Gasteiger charge is 2.29. The van der Waals surface area contributed by atoms with Gasteiger partial charge in [0.05, 0.1) is 24.3 Å². The van der Waals surface area contributed by atoms with E-state index in [4.69, 9.17) is 4.74 Å². The lowest BCUT2D eigenvalue weighted by Gasteiger charge is -2.32. The van der Waals surface area contributed by atoms with E-state index in [0.29, 0.717) is 0 Å². The molecule has 1 aliphatic rings. The van der Waals surface area contributed by atoms with Gasteiger partial charge in [0, 0.05) is 24.4 Å². The lowest BCUT2D eigenvalue weighted by Crippen LogP contribution is -2.42. The third kappa shape index (κ3) is 6.03. The van der Waals surface area contributed by atoms with Crippen molar-refractivity contribution in [2.45, 2.75) is 52.2 Å². The number of nitrogens with one attached hydrogen (secondary N) is 1. The monoisotopic (exact) mass is 415 g/mol. The maximum Gasteiger partial charge on any atom is 0.308 e. The second kappa shape index (κ2) is 9.87. The van der Waals surface area contributed by atoms with Crippen LogP contribution in [0.25, 0.3) is 0 Å². The van der Waals surface area contributed by atoms with Crippen LogP contribution in [0.4, 0.5) is 5.13 Å². The number of aromatic nitrogens is 1. The van der Waals surface area contributed by atoms with Gasteiger partial charge in [-0.3, -0.25) is 9.59 Å². The summed E-state index contributed by atoms with van der Waals surface area (Å²) in [6, 6.07) is 9.23. The Kier molecular flexibility index (Phi) is 7.25. The minimum Gasteiger partial charge on any atom is -0.463 e. The number of esters is 1. The van der Waals surface area contributed by atoms with Crippen molar-refractivity contribution in [3.05, 3.63) is 47.0 Å². The van der Waals surface area contributed by atoms with E-state index >= 15 is 0 Å². The number of benzene rings is 1. The van der Waals surface area contributed by atoms with Crippen LogP contribution >= 0.6 is 11.3 Å². The van der Waals surface area contributed by atoms with Crippen LogP contribution in [0.15, 0.2) is 35.7 Å². The standard InChI is InChI=1S/C22H29N3O3S/c1-15(2)28-20(26)13-19(17-7-5-4-6-8-17)24-21(27)18-9-11-25(12-10-18)22-23-16(3)14-29-22/h4-8,14-15,18-19H,9-13H2,1-3H3,(H,24,27)/t19-/m0/s1. The summed E-state index contributed by atoms with van der Waals surface area (Å²) in [5.74, 6) is -0.353. The fraction of sp³-hybridized carbons (Fsp3) is 0.500. The highest BCUT2D eigenvalue weighted by Crippen LogP contribution is 2.27. The second-order valence-corrected chi connectivity index (χ2v) is 8.58. The number of piperidine rings is 1. The van der Waals surface area contributed by atoms with Gasteiger partial charge in [-0.2, -0.15) is 0 Å². The van der Waals surface area contributed by atoms with Crippen molar-refractivity contribution in [1.82, 2.24) is 10.3 Å². The molecule has 2 heterocycles. The van der Waals surface area contributed by atoms with Crippen LogP contribution in [-0.4, -0.2) is 36.1 Å². The summed E-state index contributed by atoms with van der Waals surface area (Å²) < 4.78 is 5.29. The molecule has 1 fully saturated rings. The van der Waals surface area contributed by atoms with Crippen LogP contribution in [0.3, 0.4) is 0 Å². The molecule has 1 saturated heterocycles. The third-order valence-electron chi connectivity index (χ3n) is 5.00. The zero-order valence-electron chi connectivity index (χ0n) is 17.3. The Morgan fingerprint density at radius 1 is 1.24 bits per heavy atom. The Bertz CT molecular complexity index is 814. The number of rotatable bonds is 7. The quantitative estimate of drug-likeness (QED) is 0.695. The molecule has 1 N–H and O–H groups in total. The van der Waals surface area contributed by atoms with E-state index in [1.54, 1.807) is 11.3 Å². The Morgan fingerprint density at radius 2 is 1.93 bits per heavy atom. The van der Waals surface area contributed by atoms with Gasteiger partial charge in [-0.1, -0.05) is 30.3 Å². The molecule has 0 saturated carbocycles. The van der Waals surface area contributed by atoms with Crippen molar-refractivity contribution in [3.63, 3.8) is 0 Å². The van der Waals surface area contributed by atoms with Gasteiger partial charge in [-0.05, 0) is 39.2 Å². The predicted octanol–water partition coefficient (Wildman–Crippen LogP) is 3.87. The van der Waals surface area contributed by atoms with Gasteiger partial charge in [0.1, 0.15) is 0 Å². The average Bonchev–Trinajstić information content (AvgIpc) is 3.14. The molecule has 6 nitrogen and oxygen atoms in total. The number of hydrogen-bond donors (Lipinski definition) is 1. The molecule has 0 unspecified atom stereocenters. The zero-order chi connectivity index (χ0) is 20.8. The fourth-order valence-electron chi connectivity index (χ4n) is 3.52. The smallest absolute Gasteiger partial charge is 0.308 e. The summed E-state index contributed by atoms with van der Waals surface area (Å²) in [7, 11) is 0. The van der Waals surface area contributed by atoms with Crippen LogP contribution in [0.1, 0.15) is 50.4 Å². The summed E-state index contributed by atoms with van der Waals surface area (Å²) >= 11 is 1.65. The molecule has 1 amide bonds. The van der Waals surface area contributed by atoms with Crippen molar-refractivity contribution in [1.29, 1.82) is 0 Å². The number of carbonyl (C=O) groups excluding carboxylic acids is 2. The topological polar surface area (TPSA) is 71.5 Å². The number of anilines is 1. The number of hydrogen-bond acceptors (Lipinski definition) is 6. The lowest BCUT2D eigenvalue weighted by atomic mass is 9.94. The van der Waals surface area contributed by atoms with Gasteiger partial charge in [0.2, 0.25) is 5.91 Å². The second-order valence-electron chi connectivity index (χ2n) is 7.75. The van der Waals surface area contributed by atoms with E-state index in [1.165, 1.54) is 0 Å². The highest BCUT2D eigenvalue weighted by atomic mass is 32.1. The maximum absolute atomic E-state index is 12.9. The average molecular weight is 416 g/mol. The minimum absolute atomic E-state index is 0.00571. The first-order valence-corrected chi connectivity index (χ1v) is 11.0. The van der Waals surface area contributed by atoms with Crippen LogP contribution in [-0.2, 0) is 14.3 Å². The zero-order valence-corrected chi connectivity index (χ0v) is 18.1. The predicted molar refractivity (Wildman–Crippen MR) is 115 cm³/mol. The van der Waals surface area contributed by atoms with Crippen LogP contribution in [0.5, 0.6) is 0 Å². The normalized spacial score (nSPS) is 15.9. The first kappa shape index (κ1) is 21.3. The summed E-state index contributed by atoms with van der Waals surface area (Å²) in [4.78, 5) is 31.9. The Balaban J connectivity index is 1.60. The number of amides is 1. The first-order chi connectivity index (χ1) is 13.9. The van der Waals surface area contributed by atoms with Crippen molar-refractivity contribution in [2.24, 2.45) is 5.92 Å². The van der Waals surface area contributed by atoms with E-state index in [-0.39, 0.29) is 36.4 Å². The van der Waals surface area contributed by atoms with Gasteiger partial charge in [-0.15, -0.1) is 11.3 Å². The Labute approximate surface area is 176 Å². The molecule has 1 aliphatic heterocycles. The number of thiazole rings is 1. The Morgan fingerprint density at radius 3 is 2.52 bits per heavy atom. The minimum atomic E-state index is -0.380. The molecule has 0 aliphatic carbocycles. The number of carbonyl (C=O) groups is 2. The van der Waals surface area contributed by atoms with Gasteiger partial charge in [0.25, 0.3) is 0 Å². The highest BCUT2D eigenvalue weighted by molar-refractivity contribution is 7.13. The largest absolute Gasteiger partial charge is 0.463 e.